The fraction of sp³-hybridized carbons (Fsp3) is 0.377. The van der Waals surface area contributed by atoms with Gasteiger partial charge in [-0.1, -0.05) is 87.5 Å². The number of nitrogens with zero attached hydrogens (tertiary/aromatic N) is 8. The van der Waals surface area contributed by atoms with Crippen LogP contribution in [0.25, 0.3) is 27.7 Å². The second-order valence-corrected chi connectivity index (χ2v) is 28.0. The lowest BCUT2D eigenvalue weighted by molar-refractivity contribution is 0.0539. The molecule has 7 aromatic rings. The average molecular weight is 1120 g/mol. The number of aliphatic hydroxyl groups excluding tert-OH is 1. The first kappa shape index (κ1) is 60.4. The van der Waals surface area contributed by atoms with E-state index in [1.165, 1.54) is 28.1 Å². The molecule has 2 aromatic carbocycles. The minimum Gasteiger partial charge on any atom is -0.443 e. The number of aromatic nitrogens is 7. The Morgan fingerprint density at radius 1 is 0.691 bits per heavy atom. The standard InChI is InChI=1S/C38H52N6O6Si.C23H23N5O2/c1-25(26-16-14-13-15-17-26)42-33(45)31-39-21-27(22-40-31)30-24-44(35(47)50-37(5,6)7)32-29(30)20-28(23-41-32)43(34(46)49-36(2,3)4)18-19-48-51(11,12)38(8,9)10;1-15(16-5-3-2-4-6-16)28-23(30)22-26-12-17(13-27-22)19-7-8-21-20(19)11-18(14-25-21)24-9-10-29/h13-17,20-25H,18-19H2,1-12H3,(H,42,45);2-7,11-15,24,29H,8-10H2,1H3,(H,28,30)/t25-;15-/m00/s1. The van der Waals surface area contributed by atoms with Crippen LogP contribution in [0.4, 0.5) is 21.0 Å². The molecule has 0 fully saturated rings. The molecule has 19 nitrogen and oxygen atoms in total. The molecule has 3 amide bonds. The molecule has 1 aliphatic rings. The zero-order chi connectivity index (χ0) is 58.9. The minimum absolute atomic E-state index is 0.00550. The molecule has 1 aliphatic carbocycles. The number of benzene rings is 2. The summed E-state index contributed by atoms with van der Waals surface area (Å²) in [6.45, 7) is 26.4. The first-order chi connectivity index (χ1) is 38.2. The molecule has 4 N–H and O–H groups in total. The SMILES string of the molecule is C[C@H](NC(=O)c1ncc(-c2cn(C(=O)OC(C)(C)C)c3ncc(N(CCO[Si](C)(C)C(C)(C)C)C(=O)OC(C)(C)C)cc23)cn1)c1ccccc1.C[C@H](NC(=O)c1ncc(C2=CCc3ncc(NCCO)cc32)cn1)c1ccccc1. The normalized spacial score (nSPS) is 13.2. The molecule has 5 heterocycles. The second-order valence-electron chi connectivity index (χ2n) is 23.2. The highest BCUT2D eigenvalue weighted by Crippen LogP contribution is 2.38. The van der Waals surface area contributed by atoms with Crippen molar-refractivity contribution in [3.8, 4) is 11.1 Å². The summed E-state index contributed by atoms with van der Waals surface area (Å²) in [5.74, 6) is -0.604. The monoisotopic (exact) mass is 1120 g/mol. The molecule has 426 valence electrons. The molecule has 2 atom stereocenters. The summed E-state index contributed by atoms with van der Waals surface area (Å²) < 4.78 is 19.2. The van der Waals surface area contributed by atoms with Gasteiger partial charge < -0.3 is 35.0 Å². The number of ether oxygens (including phenoxy) is 2. The van der Waals surface area contributed by atoms with Gasteiger partial charge in [0.15, 0.2) is 8.32 Å². The number of aliphatic hydroxyl groups is 1. The van der Waals surface area contributed by atoms with E-state index in [9.17, 15) is 19.2 Å². The number of carbonyl (C=O) groups excluding carboxylic acids is 4. The Hall–Kier alpha value is -8.20. The quantitative estimate of drug-likeness (QED) is 0.0658. The third-order valence-electron chi connectivity index (χ3n) is 13.6. The third kappa shape index (κ3) is 15.8. The van der Waals surface area contributed by atoms with E-state index < -0.39 is 37.6 Å². The molecule has 0 radical (unpaired) electrons. The Morgan fingerprint density at radius 3 is 1.75 bits per heavy atom. The fourth-order valence-corrected chi connectivity index (χ4v) is 9.32. The van der Waals surface area contributed by atoms with Gasteiger partial charge in [-0.25, -0.2) is 39.1 Å². The summed E-state index contributed by atoms with van der Waals surface area (Å²) in [7, 11) is -2.11. The largest absolute Gasteiger partial charge is 0.443 e. The van der Waals surface area contributed by atoms with Crippen LogP contribution in [0.3, 0.4) is 0 Å². The van der Waals surface area contributed by atoms with Crippen LogP contribution in [0.2, 0.25) is 18.1 Å². The van der Waals surface area contributed by atoms with Crippen molar-refractivity contribution in [2.75, 3.05) is 36.5 Å². The number of nitrogens with one attached hydrogen (secondary N) is 3. The summed E-state index contributed by atoms with van der Waals surface area (Å²) in [6.07, 6.45) is 12.9. The first-order valence-corrected chi connectivity index (χ1v) is 29.9. The molecule has 8 rings (SSSR count). The zero-order valence-corrected chi connectivity index (χ0v) is 49.6. The van der Waals surface area contributed by atoms with Gasteiger partial charge in [0.2, 0.25) is 11.6 Å². The van der Waals surface area contributed by atoms with Crippen LogP contribution in [0, 0.1) is 0 Å². The van der Waals surface area contributed by atoms with Gasteiger partial charge in [-0.15, -0.1) is 0 Å². The van der Waals surface area contributed by atoms with Gasteiger partial charge in [0.25, 0.3) is 11.8 Å². The molecule has 5 aromatic heterocycles. The molecular formula is C61H75N11O8Si. The van der Waals surface area contributed by atoms with Crippen LogP contribution in [0.1, 0.15) is 137 Å². The highest BCUT2D eigenvalue weighted by atomic mass is 28.4. The first-order valence-electron chi connectivity index (χ1n) is 27.0. The van der Waals surface area contributed by atoms with E-state index in [1.54, 1.807) is 51.6 Å². The van der Waals surface area contributed by atoms with Crippen molar-refractivity contribution in [3.05, 3.63) is 162 Å². The maximum atomic E-state index is 13.6. The number of carbonyl (C=O) groups is 4. The maximum Gasteiger partial charge on any atom is 0.420 e. The molecular weight excluding hydrogens is 1040 g/mol. The molecule has 0 aliphatic heterocycles. The minimum atomic E-state index is -2.11. The number of fused-ring (bicyclic) bond motifs is 2. The van der Waals surface area contributed by atoms with Crippen LogP contribution in [0.5, 0.6) is 0 Å². The smallest absolute Gasteiger partial charge is 0.420 e. The van der Waals surface area contributed by atoms with E-state index in [2.05, 4.69) is 85.8 Å². The Bertz CT molecular complexity index is 3350. The average Bonchev–Trinajstić information content (AvgIpc) is 4.13. The Morgan fingerprint density at radius 2 is 1.23 bits per heavy atom. The van der Waals surface area contributed by atoms with E-state index >= 15 is 0 Å². The molecule has 0 saturated carbocycles. The van der Waals surface area contributed by atoms with Crippen molar-refractivity contribution in [3.63, 3.8) is 0 Å². The predicted octanol–water partition coefficient (Wildman–Crippen LogP) is 11.3. The van der Waals surface area contributed by atoms with Gasteiger partial charge in [-0.05, 0) is 102 Å². The van der Waals surface area contributed by atoms with Gasteiger partial charge in [-0.2, -0.15) is 0 Å². The van der Waals surface area contributed by atoms with Gasteiger partial charge >= 0.3 is 12.2 Å². The van der Waals surface area contributed by atoms with E-state index in [0.717, 1.165) is 45.6 Å². The van der Waals surface area contributed by atoms with Crippen LogP contribution in [-0.4, -0.2) is 109 Å². The maximum absolute atomic E-state index is 13.6. The number of hydrogen-bond donors (Lipinski definition) is 4. The lowest BCUT2D eigenvalue weighted by atomic mass is 10.0. The molecule has 0 saturated heterocycles. The lowest BCUT2D eigenvalue weighted by Crippen LogP contribution is -2.44. The highest BCUT2D eigenvalue weighted by molar-refractivity contribution is 6.74. The zero-order valence-electron chi connectivity index (χ0n) is 48.6. The number of amides is 3. The van der Waals surface area contributed by atoms with Gasteiger partial charge in [0.1, 0.15) is 16.8 Å². The number of rotatable bonds is 16. The van der Waals surface area contributed by atoms with E-state index in [0.29, 0.717) is 41.0 Å². The number of pyridine rings is 2. The number of allylic oxidation sites excluding steroid dienone is 1. The van der Waals surface area contributed by atoms with Crippen molar-refractivity contribution in [2.24, 2.45) is 0 Å². The van der Waals surface area contributed by atoms with Crippen molar-refractivity contribution in [2.45, 2.75) is 124 Å². The molecule has 81 heavy (non-hydrogen) atoms. The Kier molecular flexibility index (Phi) is 19.0. The summed E-state index contributed by atoms with van der Waals surface area (Å²) in [6, 6.07) is 22.8. The van der Waals surface area contributed by atoms with Crippen LogP contribution >= 0.6 is 0 Å². The number of hydrogen-bond acceptors (Lipinski definition) is 15. The topological polar surface area (TPSA) is 238 Å². The van der Waals surface area contributed by atoms with Crippen LogP contribution in [0.15, 0.2) is 122 Å². The van der Waals surface area contributed by atoms with Crippen LogP contribution < -0.4 is 20.9 Å². The highest BCUT2D eigenvalue weighted by Gasteiger charge is 2.37. The Balaban J connectivity index is 0.000000266. The van der Waals surface area contributed by atoms with Gasteiger partial charge in [0.05, 0.1) is 61.3 Å². The summed E-state index contributed by atoms with van der Waals surface area (Å²) in [4.78, 5) is 80.5. The second kappa shape index (κ2) is 25.5. The fourth-order valence-electron chi connectivity index (χ4n) is 8.28. The van der Waals surface area contributed by atoms with Gasteiger partial charge in [-0.3, -0.25) is 19.5 Å². The van der Waals surface area contributed by atoms with E-state index in [4.69, 9.17) is 19.0 Å². The third-order valence-corrected chi connectivity index (χ3v) is 18.1. The van der Waals surface area contributed by atoms with Crippen molar-refractivity contribution in [1.29, 1.82) is 0 Å². The molecule has 20 heteroatoms. The van der Waals surface area contributed by atoms with Crippen LogP contribution in [-0.2, 0) is 20.3 Å². The molecule has 0 unspecified atom stereocenters. The molecule has 0 bridgehead atoms. The molecule has 0 spiro atoms. The number of anilines is 2. The summed E-state index contributed by atoms with van der Waals surface area (Å²) in [5.41, 5.74) is 6.97. The Labute approximate surface area is 475 Å². The van der Waals surface area contributed by atoms with Gasteiger partial charge in [0, 0.05) is 71.6 Å². The summed E-state index contributed by atoms with van der Waals surface area (Å²) in [5, 5.41) is 18.5. The van der Waals surface area contributed by atoms with Crippen molar-refractivity contribution < 1.29 is 38.2 Å². The van der Waals surface area contributed by atoms with Crippen molar-refractivity contribution in [1.82, 2.24) is 45.1 Å². The summed E-state index contributed by atoms with van der Waals surface area (Å²) >= 11 is 0. The van der Waals surface area contributed by atoms with E-state index in [-0.39, 0.29) is 47.8 Å². The van der Waals surface area contributed by atoms with Crippen molar-refractivity contribution >= 4 is 60.3 Å². The lowest BCUT2D eigenvalue weighted by Gasteiger charge is -2.37. The predicted molar refractivity (Wildman–Crippen MR) is 316 cm³/mol. The van der Waals surface area contributed by atoms with E-state index in [1.807, 2.05) is 101 Å².